The van der Waals surface area contributed by atoms with E-state index in [9.17, 15) is 8.42 Å². The van der Waals surface area contributed by atoms with Crippen LogP contribution in [0.15, 0.2) is 48.7 Å². The zero-order chi connectivity index (χ0) is 21.1. The molecule has 0 radical (unpaired) electrons. The second-order valence-corrected chi connectivity index (χ2v) is 10.4. The van der Waals surface area contributed by atoms with Crippen molar-refractivity contribution in [3.63, 3.8) is 0 Å². The molecule has 1 aromatic heterocycles. The quantitative estimate of drug-likeness (QED) is 0.598. The van der Waals surface area contributed by atoms with E-state index in [1.807, 2.05) is 7.05 Å². The molecule has 2 N–H and O–H groups in total. The third-order valence-electron chi connectivity index (χ3n) is 6.32. The summed E-state index contributed by atoms with van der Waals surface area (Å²) in [6.07, 6.45) is 4.89. The minimum Gasteiger partial charge on any atom is -0.361 e. The monoisotopic (exact) mass is 425 g/mol. The Kier molecular flexibility index (Phi) is 6.27. The number of hydrogen-bond donors (Lipinski definition) is 2. The molecule has 1 aliphatic heterocycles. The first-order valence-electron chi connectivity index (χ1n) is 10.8. The first-order chi connectivity index (χ1) is 14.5. The highest BCUT2D eigenvalue weighted by Crippen LogP contribution is 2.35. The van der Waals surface area contributed by atoms with Gasteiger partial charge in [-0.05, 0) is 80.1 Å². The van der Waals surface area contributed by atoms with Crippen LogP contribution in [-0.4, -0.2) is 50.1 Å². The van der Waals surface area contributed by atoms with Crippen molar-refractivity contribution in [3.05, 3.63) is 59.8 Å². The summed E-state index contributed by atoms with van der Waals surface area (Å²) < 4.78 is 26.0. The Morgan fingerprint density at radius 3 is 2.43 bits per heavy atom. The van der Waals surface area contributed by atoms with Gasteiger partial charge in [-0.25, -0.2) is 12.7 Å². The van der Waals surface area contributed by atoms with Gasteiger partial charge in [0.25, 0.3) is 0 Å². The minimum atomic E-state index is -3.09. The third-order valence-corrected chi connectivity index (χ3v) is 8.20. The van der Waals surface area contributed by atoms with Crippen molar-refractivity contribution in [3.8, 4) is 11.1 Å². The maximum atomic E-state index is 12.2. The van der Waals surface area contributed by atoms with E-state index in [1.54, 1.807) is 11.2 Å². The molecule has 160 valence electrons. The maximum absolute atomic E-state index is 12.2. The van der Waals surface area contributed by atoms with Gasteiger partial charge in [-0.2, -0.15) is 0 Å². The van der Waals surface area contributed by atoms with Gasteiger partial charge < -0.3 is 10.3 Å². The number of aromatic nitrogens is 1. The molecule has 2 heterocycles. The van der Waals surface area contributed by atoms with Crippen LogP contribution in [0.5, 0.6) is 0 Å². The lowest BCUT2D eigenvalue weighted by Gasteiger charge is -2.30. The number of nitrogens with zero attached hydrogens (tertiary/aromatic N) is 1. The van der Waals surface area contributed by atoms with E-state index in [0.29, 0.717) is 19.0 Å². The van der Waals surface area contributed by atoms with Gasteiger partial charge in [0.1, 0.15) is 0 Å². The van der Waals surface area contributed by atoms with Gasteiger partial charge >= 0.3 is 0 Å². The number of piperidine rings is 1. The summed E-state index contributed by atoms with van der Waals surface area (Å²) in [6, 6.07) is 15.4. The molecule has 1 aliphatic rings. The SMILES string of the molecule is CCS(=O)(=O)N1CCC(c2c[nH]c3ccc(-c4ccc(CCNC)cc4)cc23)CC1. The van der Waals surface area contributed by atoms with E-state index in [-0.39, 0.29) is 5.75 Å². The molecule has 3 aromatic rings. The number of H-pyrrole nitrogens is 1. The molecule has 0 amide bonds. The van der Waals surface area contributed by atoms with Crippen molar-refractivity contribution in [1.82, 2.24) is 14.6 Å². The Balaban J connectivity index is 1.55. The lowest BCUT2D eigenvalue weighted by Crippen LogP contribution is -2.38. The first-order valence-corrected chi connectivity index (χ1v) is 12.5. The summed E-state index contributed by atoms with van der Waals surface area (Å²) in [5.74, 6) is 0.572. The largest absolute Gasteiger partial charge is 0.361 e. The van der Waals surface area contributed by atoms with Crippen molar-refractivity contribution in [2.45, 2.75) is 32.1 Å². The second kappa shape index (κ2) is 8.92. The molecule has 0 saturated carbocycles. The summed E-state index contributed by atoms with van der Waals surface area (Å²) >= 11 is 0. The summed E-state index contributed by atoms with van der Waals surface area (Å²) in [7, 11) is -1.11. The van der Waals surface area contributed by atoms with Crippen molar-refractivity contribution in [1.29, 1.82) is 0 Å². The Bertz CT molecular complexity index is 1100. The molecular formula is C24H31N3O2S. The van der Waals surface area contributed by atoms with Crippen LogP contribution in [-0.2, 0) is 16.4 Å². The van der Waals surface area contributed by atoms with Gasteiger partial charge in [0, 0.05) is 30.2 Å². The first kappa shape index (κ1) is 21.1. The van der Waals surface area contributed by atoms with E-state index < -0.39 is 10.0 Å². The van der Waals surface area contributed by atoms with E-state index in [1.165, 1.54) is 27.6 Å². The van der Waals surface area contributed by atoms with Crippen LogP contribution in [0.1, 0.15) is 36.8 Å². The van der Waals surface area contributed by atoms with Gasteiger partial charge in [0.15, 0.2) is 0 Å². The number of benzene rings is 2. The number of fused-ring (bicyclic) bond motifs is 1. The summed E-state index contributed by atoms with van der Waals surface area (Å²) in [5.41, 5.74) is 6.23. The van der Waals surface area contributed by atoms with Gasteiger partial charge in [-0.15, -0.1) is 0 Å². The molecular weight excluding hydrogens is 394 g/mol. The highest BCUT2D eigenvalue weighted by atomic mass is 32.2. The second-order valence-electron chi connectivity index (χ2n) is 8.13. The summed E-state index contributed by atoms with van der Waals surface area (Å²) in [5, 5.41) is 4.44. The average molecular weight is 426 g/mol. The number of aromatic amines is 1. The van der Waals surface area contributed by atoms with Crippen LogP contribution in [0.2, 0.25) is 0 Å². The molecule has 0 spiro atoms. The predicted molar refractivity (Wildman–Crippen MR) is 124 cm³/mol. The molecule has 0 aliphatic carbocycles. The van der Waals surface area contributed by atoms with E-state index in [2.05, 4.69) is 59.0 Å². The van der Waals surface area contributed by atoms with Crippen LogP contribution in [0, 0.1) is 0 Å². The van der Waals surface area contributed by atoms with E-state index in [4.69, 9.17) is 0 Å². The molecule has 4 rings (SSSR count). The fraction of sp³-hybridized carbons (Fsp3) is 0.417. The predicted octanol–water partition coefficient (Wildman–Crippen LogP) is 4.13. The number of likely N-dealkylation sites (N-methyl/N-ethyl adjacent to an activating group) is 1. The smallest absolute Gasteiger partial charge is 0.213 e. The van der Waals surface area contributed by atoms with E-state index in [0.717, 1.165) is 31.3 Å². The van der Waals surface area contributed by atoms with Crippen molar-refractivity contribution < 1.29 is 8.42 Å². The zero-order valence-corrected chi connectivity index (χ0v) is 18.6. The van der Waals surface area contributed by atoms with Crippen molar-refractivity contribution in [2.24, 2.45) is 0 Å². The molecule has 5 nitrogen and oxygen atoms in total. The lowest BCUT2D eigenvalue weighted by molar-refractivity contribution is 0.321. The fourth-order valence-corrected chi connectivity index (χ4v) is 5.55. The summed E-state index contributed by atoms with van der Waals surface area (Å²) in [4.78, 5) is 3.41. The molecule has 0 atom stereocenters. The van der Waals surface area contributed by atoms with Crippen LogP contribution >= 0.6 is 0 Å². The zero-order valence-electron chi connectivity index (χ0n) is 17.8. The van der Waals surface area contributed by atoms with Crippen molar-refractivity contribution >= 4 is 20.9 Å². The highest BCUT2D eigenvalue weighted by Gasteiger charge is 2.28. The summed E-state index contributed by atoms with van der Waals surface area (Å²) in [6.45, 7) is 3.93. The number of sulfonamides is 1. The number of rotatable bonds is 7. The lowest BCUT2D eigenvalue weighted by atomic mass is 9.89. The van der Waals surface area contributed by atoms with Crippen LogP contribution < -0.4 is 5.32 Å². The average Bonchev–Trinajstić information content (AvgIpc) is 3.21. The van der Waals surface area contributed by atoms with Crippen molar-refractivity contribution in [2.75, 3.05) is 32.4 Å². The normalized spacial score (nSPS) is 16.3. The Morgan fingerprint density at radius 1 is 1.07 bits per heavy atom. The fourth-order valence-electron chi connectivity index (χ4n) is 4.42. The molecule has 0 unspecified atom stereocenters. The Morgan fingerprint density at radius 2 is 1.77 bits per heavy atom. The van der Waals surface area contributed by atoms with E-state index >= 15 is 0 Å². The van der Waals surface area contributed by atoms with Crippen LogP contribution in [0.25, 0.3) is 22.0 Å². The highest BCUT2D eigenvalue weighted by molar-refractivity contribution is 7.89. The topological polar surface area (TPSA) is 65.2 Å². The van der Waals surface area contributed by atoms with Gasteiger partial charge in [0.2, 0.25) is 10.0 Å². The molecule has 6 heteroatoms. The maximum Gasteiger partial charge on any atom is 0.213 e. The van der Waals surface area contributed by atoms with Gasteiger partial charge in [-0.3, -0.25) is 0 Å². The molecule has 2 aromatic carbocycles. The molecule has 1 saturated heterocycles. The van der Waals surface area contributed by atoms with Gasteiger partial charge in [0.05, 0.1) is 5.75 Å². The van der Waals surface area contributed by atoms with Crippen LogP contribution in [0.4, 0.5) is 0 Å². The Labute approximate surface area is 179 Å². The van der Waals surface area contributed by atoms with Gasteiger partial charge in [-0.1, -0.05) is 30.3 Å². The molecule has 30 heavy (non-hydrogen) atoms. The minimum absolute atomic E-state index is 0.182. The Hall–Kier alpha value is -2.15. The molecule has 0 bridgehead atoms. The number of nitrogens with one attached hydrogen (secondary N) is 2. The third kappa shape index (κ3) is 4.31. The standard InChI is InChI=1S/C24H31N3O2S/c1-3-30(28,29)27-14-11-20(12-15-27)23-17-26-24-9-8-21(16-22(23)24)19-6-4-18(5-7-19)10-13-25-2/h4-9,16-17,20,25-26H,3,10-15H2,1-2H3. The van der Waals surface area contributed by atoms with Crippen LogP contribution in [0.3, 0.4) is 0 Å². The molecule has 1 fully saturated rings. The number of hydrogen-bond acceptors (Lipinski definition) is 3.